The number of hydrogen-bond donors (Lipinski definition) is 5. The fourth-order valence-corrected chi connectivity index (χ4v) is 0.234. The maximum Gasteiger partial charge on any atom is 0.335 e. The zero-order valence-corrected chi connectivity index (χ0v) is 5.05. The molecule has 0 aliphatic carbocycles. The second-order valence-corrected chi connectivity index (χ2v) is 1.28. The highest BCUT2D eigenvalue weighted by molar-refractivity contribution is 5.78. The number of nitrogens with one attached hydrogen (secondary N) is 3. The Kier molecular flexibility index (Phi) is 3.73. The van der Waals surface area contributed by atoms with Gasteiger partial charge in [0.25, 0.3) is 0 Å². The van der Waals surface area contributed by atoms with Crippen LogP contribution in [0.2, 0.25) is 0 Å². The maximum atomic E-state index is 10.3. The summed E-state index contributed by atoms with van der Waals surface area (Å²) in [6, 6.07) is -1.62. The molecule has 6 N–H and O–H groups in total. The number of primary amides is 1. The molecule has 0 rings (SSSR count). The summed E-state index contributed by atoms with van der Waals surface area (Å²) in [5.41, 5.74) is 8.23. The zero-order valence-electron chi connectivity index (χ0n) is 5.05. The van der Waals surface area contributed by atoms with Gasteiger partial charge in [-0.05, 0) is 0 Å². The van der Waals surface area contributed by atoms with Gasteiger partial charge in [0, 0.05) is 0 Å². The summed E-state index contributed by atoms with van der Waals surface area (Å²) in [6.45, 7) is -0.508. The molecule has 0 aromatic rings. The van der Waals surface area contributed by atoms with E-state index in [1.165, 1.54) is 0 Å². The van der Waals surface area contributed by atoms with Crippen LogP contribution in [0.1, 0.15) is 0 Å². The molecule has 0 bridgehead atoms. The summed E-state index contributed by atoms with van der Waals surface area (Å²) in [7, 11) is 0. The van der Waals surface area contributed by atoms with Gasteiger partial charge >= 0.3 is 12.1 Å². The van der Waals surface area contributed by atoms with Gasteiger partial charge in [-0.1, -0.05) is 0 Å². The lowest BCUT2D eigenvalue weighted by molar-refractivity contribution is 0.211. The predicted octanol–water partition coefficient (Wildman–Crippen LogP) is -2.18. The van der Waals surface area contributed by atoms with Crippen molar-refractivity contribution in [1.82, 2.24) is 16.2 Å². The topological polar surface area (TPSA) is 116 Å². The van der Waals surface area contributed by atoms with Crippen molar-refractivity contribution in [3.05, 3.63) is 0 Å². The number of hydrogen-bond acceptors (Lipinski definition) is 3. The number of hydrazine groups is 1. The van der Waals surface area contributed by atoms with Crippen molar-refractivity contribution in [3.8, 4) is 0 Å². The number of carbonyl (C=O) groups excluding carboxylic acids is 2. The third-order valence-corrected chi connectivity index (χ3v) is 0.539. The lowest BCUT2D eigenvalue weighted by atomic mass is 11.0. The third-order valence-electron chi connectivity index (χ3n) is 0.539. The number of rotatable bonds is 1. The molecule has 0 fully saturated rings. The monoisotopic (exact) mass is 148 g/mol. The van der Waals surface area contributed by atoms with Crippen LogP contribution in [0.4, 0.5) is 9.59 Å². The largest absolute Gasteiger partial charge is 0.376 e. The normalized spacial score (nSPS) is 8.10. The van der Waals surface area contributed by atoms with E-state index in [2.05, 4.69) is 5.73 Å². The fraction of sp³-hybridized carbons (Fsp3) is 0.333. The van der Waals surface area contributed by atoms with Crippen molar-refractivity contribution in [2.45, 2.75) is 0 Å². The molecule has 0 aromatic carbocycles. The summed E-state index contributed by atoms with van der Waals surface area (Å²) in [4.78, 5) is 20.2. The Hall–Kier alpha value is -1.50. The highest BCUT2D eigenvalue weighted by Gasteiger charge is 1.96. The zero-order chi connectivity index (χ0) is 7.98. The average molecular weight is 148 g/mol. The molecule has 0 saturated carbocycles. The number of aliphatic hydroxyl groups excluding tert-OH is 1. The standard InChI is InChI=1S/C3H8N4O3/c4-2(9)6-7-3(10)5-1-8/h8H,1H2,(H3,4,6,9)(H2,5,7,10). The average Bonchev–Trinajstić information content (AvgIpc) is 1.85. The number of nitrogens with two attached hydrogens (primary N) is 1. The van der Waals surface area contributed by atoms with Gasteiger partial charge in [0.1, 0.15) is 6.73 Å². The predicted molar refractivity (Wildman–Crippen MR) is 31.5 cm³/mol. The molecule has 0 aliphatic rings. The van der Waals surface area contributed by atoms with Crippen LogP contribution in [0.15, 0.2) is 0 Å². The van der Waals surface area contributed by atoms with Crippen LogP contribution in [0, 0.1) is 0 Å². The van der Waals surface area contributed by atoms with E-state index in [4.69, 9.17) is 5.11 Å². The first-order chi connectivity index (χ1) is 4.66. The van der Waals surface area contributed by atoms with Crippen LogP contribution in [-0.4, -0.2) is 23.9 Å². The minimum Gasteiger partial charge on any atom is -0.376 e. The Morgan fingerprint density at radius 3 is 2.40 bits per heavy atom. The number of urea groups is 2. The van der Waals surface area contributed by atoms with Crippen molar-refractivity contribution in [2.24, 2.45) is 5.73 Å². The van der Waals surface area contributed by atoms with Crippen molar-refractivity contribution in [3.63, 3.8) is 0 Å². The van der Waals surface area contributed by atoms with E-state index in [0.717, 1.165) is 0 Å². The molecule has 0 unspecified atom stereocenters. The van der Waals surface area contributed by atoms with Gasteiger partial charge < -0.3 is 16.2 Å². The Bertz CT molecular complexity index is 136. The molecule has 0 spiro atoms. The van der Waals surface area contributed by atoms with Crippen molar-refractivity contribution >= 4 is 12.1 Å². The van der Waals surface area contributed by atoms with Gasteiger partial charge in [-0.25, -0.2) is 20.4 Å². The van der Waals surface area contributed by atoms with Crippen molar-refractivity contribution < 1.29 is 14.7 Å². The van der Waals surface area contributed by atoms with Gasteiger partial charge in [-0.15, -0.1) is 0 Å². The van der Waals surface area contributed by atoms with Crippen LogP contribution >= 0.6 is 0 Å². The van der Waals surface area contributed by atoms with Crippen LogP contribution in [0.3, 0.4) is 0 Å². The quantitative estimate of drug-likeness (QED) is 0.215. The second-order valence-electron chi connectivity index (χ2n) is 1.28. The summed E-state index contributed by atoms with van der Waals surface area (Å²) < 4.78 is 0. The van der Waals surface area contributed by atoms with E-state index in [-0.39, 0.29) is 0 Å². The Morgan fingerprint density at radius 1 is 1.40 bits per heavy atom. The van der Waals surface area contributed by atoms with Gasteiger partial charge in [0.15, 0.2) is 0 Å². The minimum atomic E-state index is -0.881. The highest BCUT2D eigenvalue weighted by Crippen LogP contribution is 1.56. The van der Waals surface area contributed by atoms with Crippen molar-refractivity contribution in [2.75, 3.05) is 6.73 Å². The van der Waals surface area contributed by atoms with Gasteiger partial charge in [-0.3, -0.25) is 0 Å². The van der Waals surface area contributed by atoms with E-state index in [1.54, 1.807) is 5.43 Å². The minimum absolute atomic E-state index is 0.508. The van der Waals surface area contributed by atoms with Gasteiger partial charge in [0.05, 0.1) is 0 Å². The Labute approximate surface area is 56.5 Å². The van der Waals surface area contributed by atoms with E-state index in [1.807, 2.05) is 10.7 Å². The summed E-state index contributed by atoms with van der Waals surface area (Å²) >= 11 is 0. The number of carbonyl (C=O) groups is 2. The molecule has 0 saturated heterocycles. The van der Waals surface area contributed by atoms with E-state index in [9.17, 15) is 9.59 Å². The molecule has 0 atom stereocenters. The molecule has 10 heavy (non-hydrogen) atoms. The molecule has 4 amide bonds. The lowest BCUT2D eigenvalue weighted by Crippen LogP contribution is -2.49. The molecular formula is C3H8N4O3. The van der Waals surface area contributed by atoms with E-state index >= 15 is 0 Å². The smallest absolute Gasteiger partial charge is 0.335 e. The lowest BCUT2D eigenvalue weighted by Gasteiger charge is -2.03. The molecule has 7 heteroatoms. The van der Waals surface area contributed by atoms with Crippen LogP contribution < -0.4 is 21.9 Å². The third kappa shape index (κ3) is 4.65. The molecule has 0 aliphatic heterocycles. The molecule has 7 nitrogen and oxygen atoms in total. The molecular weight excluding hydrogens is 140 g/mol. The van der Waals surface area contributed by atoms with Crippen LogP contribution in [-0.2, 0) is 0 Å². The van der Waals surface area contributed by atoms with E-state index in [0.29, 0.717) is 0 Å². The summed E-state index contributed by atoms with van der Waals surface area (Å²) in [5, 5.41) is 10.0. The summed E-state index contributed by atoms with van der Waals surface area (Å²) in [5.74, 6) is 0. The molecule has 0 aromatic heterocycles. The molecule has 58 valence electrons. The number of amides is 4. The van der Waals surface area contributed by atoms with Crippen LogP contribution in [0.5, 0.6) is 0 Å². The van der Waals surface area contributed by atoms with E-state index < -0.39 is 18.8 Å². The van der Waals surface area contributed by atoms with Crippen LogP contribution in [0.25, 0.3) is 0 Å². The maximum absolute atomic E-state index is 10.3. The second kappa shape index (κ2) is 4.39. The molecule has 0 radical (unpaired) electrons. The summed E-state index contributed by atoms with van der Waals surface area (Å²) in [6.07, 6.45) is 0. The number of aliphatic hydroxyl groups is 1. The first-order valence-corrected chi connectivity index (χ1v) is 2.37. The Morgan fingerprint density at radius 2 is 2.00 bits per heavy atom. The van der Waals surface area contributed by atoms with Gasteiger partial charge in [-0.2, -0.15) is 0 Å². The highest BCUT2D eigenvalue weighted by atomic mass is 16.3. The fourth-order valence-electron chi connectivity index (χ4n) is 0.234. The SMILES string of the molecule is NC(=O)NNC(=O)NCO. The Balaban J connectivity index is 3.30. The molecule has 0 heterocycles. The first kappa shape index (κ1) is 8.50. The van der Waals surface area contributed by atoms with Gasteiger partial charge in [0.2, 0.25) is 0 Å². The van der Waals surface area contributed by atoms with Crippen molar-refractivity contribution in [1.29, 1.82) is 0 Å². The first-order valence-electron chi connectivity index (χ1n) is 2.37.